The fraction of sp³-hybridized carbons (Fsp3) is 0.455. The Bertz CT molecular complexity index is 395. The van der Waals surface area contributed by atoms with Gasteiger partial charge in [0.1, 0.15) is 24.8 Å². The molecule has 2 rings (SSSR count). The maximum atomic E-state index is 2.16. The highest BCUT2D eigenvalue weighted by atomic mass is 15.2. The monoisotopic (exact) mass is 206 g/mol. The third-order valence-electron chi connectivity index (χ3n) is 2.97. The summed E-state index contributed by atoms with van der Waals surface area (Å²) < 4.78 is 8.64. The van der Waals surface area contributed by atoms with Gasteiger partial charge in [-0.3, -0.25) is 0 Å². The second-order valence-corrected chi connectivity index (χ2v) is 4.05. The van der Waals surface area contributed by atoms with Gasteiger partial charge in [0, 0.05) is 0 Å². The molecule has 0 saturated heterocycles. The molecule has 0 aliphatic heterocycles. The van der Waals surface area contributed by atoms with Gasteiger partial charge in [0.15, 0.2) is 6.42 Å². The predicted octanol–water partition coefficient (Wildman–Crippen LogP) is -0.397. The van der Waals surface area contributed by atoms with Crippen LogP contribution in [0.3, 0.4) is 0 Å². The van der Waals surface area contributed by atoms with Crippen LogP contribution in [-0.4, -0.2) is 9.13 Å². The highest BCUT2D eigenvalue weighted by Crippen LogP contribution is 2.00. The van der Waals surface area contributed by atoms with Gasteiger partial charge in [0.25, 0.3) is 11.6 Å². The van der Waals surface area contributed by atoms with Crippen LogP contribution in [0.4, 0.5) is 0 Å². The first-order chi connectivity index (χ1) is 7.09. The minimum atomic E-state index is 0.944. The molecule has 0 unspecified atom stereocenters. The molecule has 0 spiro atoms. The Hall–Kier alpha value is -1.58. The Morgan fingerprint density at radius 1 is 0.933 bits per heavy atom. The summed E-state index contributed by atoms with van der Waals surface area (Å²) in [4.78, 5) is 0. The summed E-state index contributed by atoms with van der Waals surface area (Å²) in [6.45, 7) is 0. The van der Waals surface area contributed by atoms with Crippen molar-refractivity contribution in [3.8, 4) is 0 Å². The van der Waals surface area contributed by atoms with E-state index in [0.29, 0.717) is 0 Å². The third-order valence-corrected chi connectivity index (χ3v) is 2.97. The summed E-state index contributed by atoms with van der Waals surface area (Å²) >= 11 is 0. The Labute approximate surface area is 90.0 Å². The number of aryl methyl sites for hydroxylation is 4. The highest BCUT2D eigenvalue weighted by molar-refractivity contribution is 4.94. The van der Waals surface area contributed by atoms with E-state index in [1.54, 1.807) is 0 Å². The molecular weight excluding hydrogens is 188 g/mol. The molecule has 0 fully saturated rings. The molecule has 80 valence electrons. The molecule has 4 nitrogen and oxygen atoms in total. The molecule has 0 aliphatic rings. The van der Waals surface area contributed by atoms with Gasteiger partial charge in [0.2, 0.25) is 0 Å². The van der Waals surface area contributed by atoms with E-state index < -0.39 is 0 Å². The topological polar surface area (TPSA) is 17.6 Å². The van der Waals surface area contributed by atoms with Crippen molar-refractivity contribution in [1.82, 2.24) is 9.13 Å². The van der Waals surface area contributed by atoms with Gasteiger partial charge >= 0.3 is 0 Å². The second-order valence-electron chi connectivity index (χ2n) is 4.05. The molecule has 2 heterocycles. The van der Waals surface area contributed by atoms with Crippen LogP contribution in [0.5, 0.6) is 0 Å². The van der Waals surface area contributed by atoms with Crippen LogP contribution in [0, 0.1) is 0 Å². The molecule has 2 aromatic rings. The third kappa shape index (κ3) is 1.67. The van der Waals surface area contributed by atoms with E-state index in [2.05, 4.69) is 71.2 Å². The number of aromatic nitrogens is 4. The Morgan fingerprint density at radius 3 is 1.60 bits per heavy atom. The zero-order valence-electron chi connectivity index (χ0n) is 9.81. The minimum Gasteiger partial charge on any atom is -0.236 e. The van der Waals surface area contributed by atoms with E-state index in [9.17, 15) is 0 Å². The summed E-state index contributed by atoms with van der Waals surface area (Å²) in [5.74, 6) is 2.60. The van der Waals surface area contributed by atoms with Crippen molar-refractivity contribution in [2.45, 2.75) is 6.42 Å². The minimum absolute atomic E-state index is 0.944. The van der Waals surface area contributed by atoms with Gasteiger partial charge in [-0.05, 0) is 0 Å². The molecule has 0 aromatic carbocycles. The molecule has 2 aromatic heterocycles. The Morgan fingerprint density at radius 2 is 1.33 bits per heavy atom. The summed E-state index contributed by atoms with van der Waals surface area (Å²) in [5.41, 5.74) is 0. The van der Waals surface area contributed by atoms with Gasteiger partial charge in [-0.15, -0.1) is 0 Å². The summed E-state index contributed by atoms with van der Waals surface area (Å²) in [7, 11) is 8.33. The van der Waals surface area contributed by atoms with Gasteiger partial charge in [-0.1, -0.05) is 0 Å². The molecule has 0 N–H and O–H groups in total. The molecule has 0 aliphatic carbocycles. The SMILES string of the molecule is Cn1cc[n+](C)c1Cc1n(C)cc[n+]1C. The first-order valence-electron chi connectivity index (χ1n) is 5.09. The number of hydrogen-bond donors (Lipinski definition) is 0. The Balaban J connectivity index is 2.37. The quantitative estimate of drug-likeness (QED) is 0.595. The van der Waals surface area contributed by atoms with Crippen LogP contribution in [0.2, 0.25) is 0 Å². The second kappa shape index (κ2) is 3.53. The standard InChI is InChI=1S/C11H18N4/c1-12-5-6-13(2)10(12)9-11-14(3)7-8-15(11)4/h5-8H,9H2,1-4H3/q+2. The van der Waals surface area contributed by atoms with Crippen LogP contribution in [0.15, 0.2) is 24.8 Å². The van der Waals surface area contributed by atoms with Gasteiger partial charge in [-0.2, -0.15) is 0 Å². The van der Waals surface area contributed by atoms with Crippen molar-refractivity contribution in [3.63, 3.8) is 0 Å². The number of hydrogen-bond acceptors (Lipinski definition) is 0. The van der Waals surface area contributed by atoms with E-state index in [4.69, 9.17) is 0 Å². The van der Waals surface area contributed by atoms with Crippen LogP contribution < -0.4 is 9.13 Å². The van der Waals surface area contributed by atoms with Crippen LogP contribution in [0.25, 0.3) is 0 Å². The van der Waals surface area contributed by atoms with E-state index >= 15 is 0 Å². The fourth-order valence-electron chi connectivity index (χ4n) is 1.88. The zero-order valence-corrected chi connectivity index (χ0v) is 9.81. The lowest BCUT2D eigenvalue weighted by molar-refractivity contribution is -0.691. The van der Waals surface area contributed by atoms with E-state index in [0.717, 1.165) is 6.42 Å². The van der Waals surface area contributed by atoms with Gasteiger partial charge < -0.3 is 0 Å². The largest absolute Gasteiger partial charge is 0.268 e. The molecular formula is C11H18N4+2. The van der Waals surface area contributed by atoms with Crippen molar-refractivity contribution in [3.05, 3.63) is 36.4 Å². The van der Waals surface area contributed by atoms with Crippen molar-refractivity contribution in [2.75, 3.05) is 0 Å². The zero-order chi connectivity index (χ0) is 11.0. The Kier molecular flexibility index (Phi) is 2.34. The van der Waals surface area contributed by atoms with Gasteiger partial charge in [-0.25, -0.2) is 18.3 Å². The molecule has 0 amide bonds. The van der Waals surface area contributed by atoms with E-state index in [1.165, 1.54) is 11.6 Å². The molecule has 15 heavy (non-hydrogen) atoms. The normalized spacial score (nSPS) is 10.9. The number of rotatable bonds is 2. The average Bonchev–Trinajstić information content (AvgIpc) is 2.67. The van der Waals surface area contributed by atoms with Crippen LogP contribution >= 0.6 is 0 Å². The molecule has 0 atom stereocenters. The summed E-state index contributed by atoms with van der Waals surface area (Å²) in [6.07, 6.45) is 9.27. The summed E-state index contributed by atoms with van der Waals surface area (Å²) in [5, 5.41) is 0. The fourth-order valence-corrected chi connectivity index (χ4v) is 1.88. The maximum absolute atomic E-state index is 2.16. The van der Waals surface area contributed by atoms with E-state index in [-0.39, 0.29) is 0 Å². The summed E-state index contributed by atoms with van der Waals surface area (Å²) in [6, 6.07) is 0. The number of imidazole rings is 2. The van der Waals surface area contributed by atoms with Crippen molar-refractivity contribution < 1.29 is 9.13 Å². The maximum Gasteiger partial charge on any atom is 0.268 e. The molecule has 4 heteroatoms. The lowest BCUT2D eigenvalue weighted by Crippen LogP contribution is -2.37. The van der Waals surface area contributed by atoms with Crippen molar-refractivity contribution in [2.24, 2.45) is 28.2 Å². The van der Waals surface area contributed by atoms with Crippen LogP contribution in [0.1, 0.15) is 11.6 Å². The highest BCUT2D eigenvalue weighted by Gasteiger charge is 2.20. The van der Waals surface area contributed by atoms with Crippen LogP contribution in [-0.2, 0) is 34.6 Å². The average molecular weight is 206 g/mol. The molecule has 0 radical (unpaired) electrons. The smallest absolute Gasteiger partial charge is 0.236 e. The number of nitrogens with zero attached hydrogens (tertiary/aromatic N) is 4. The van der Waals surface area contributed by atoms with Crippen molar-refractivity contribution in [1.29, 1.82) is 0 Å². The first kappa shape index (κ1) is 9.96. The molecule has 0 saturated carbocycles. The first-order valence-corrected chi connectivity index (χ1v) is 5.09. The predicted molar refractivity (Wildman–Crippen MR) is 56.0 cm³/mol. The lowest BCUT2D eigenvalue weighted by Gasteiger charge is -1.97. The van der Waals surface area contributed by atoms with Gasteiger partial charge in [0.05, 0.1) is 28.2 Å². The van der Waals surface area contributed by atoms with Crippen molar-refractivity contribution >= 4 is 0 Å². The lowest BCUT2D eigenvalue weighted by atomic mass is 10.3. The van der Waals surface area contributed by atoms with E-state index in [1.807, 2.05) is 0 Å². The molecule has 0 bridgehead atoms.